The second-order valence-electron chi connectivity index (χ2n) is 9.73. The molecule has 4 rings (SSSR count). The van der Waals surface area contributed by atoms with Gasteiger partial charge in [-0.1, -0.05) is 67.7 Å². The maximum Gasteiger partial charge on any atom is 0.270 e. The molecule has 0 spiro atoms. The Labute approximate surface area is 239 Å². The highest BCUT2D eigenvalue weighted by Gasteiger charge is 2.33. The van der Waals surface area contributed by atoms with Gasteiger partial charge in [-0.05, 0) is 30.5 Å². The lowest BCUT2D eigenvalue weighted by Gasteiger charge is -2.38. The van der Waals surface area contributed by atoms with Gasteiger partial charge in [-0.3, -0.25) is 24.0 Å². The fraction of sp³-hybridized carbons (Fsp3) is 0.448. The normalized spacial score (nSPS) is 17.3. The summed E-state index contributed by atoms with van der Waals surface area (Å²) in [6, 6.07) is 12.5. The van der Waals surface area contributed by atoms with Crippen molar-refractivity contribution in [3.05, 3.63) is 67.8 Å². The SMILES string of the molecule is CCCCn1c(N2CCN(Cc3ccccc3)CC2)c(/C=C2\SC(=S)N(CCOC)C2=O)c(C)c(C#N)c1=O. The predicted octanol–water partition coefficient (Wildman–Crippen LogP) is 4.00. The van der Waals surface area contributed by atoms with E-state index in [9.17, 15) is 14.9 Å². The van der Waals surface area contributed by atoms with Crippen molar-refractivity contribution in [1.29, 1.82) is 5.26 Å². The summed E-state index contributed by atoms with van der Waals surface area (Å²) in [6.07, 6.45) is 3.56. The number of rotatable bonds is 10. The zero-order valence-corrected chi connectivity index (χ0v) is 24.4. The molecule has 10 heteroatoms. The number of benzene rings is 1. The Morgan fingerprint density at radius 3 is 2.49 bits per heavy atom. The molecular formula is C29H35N5O3S2. The van der Waals surface area contributed by atoms with E-state index in [0.717, 1.165) is 56.9 Å². The lowest BCUT2D eigenvalue weighted by Crippen LogP contribution is -2.48. The Balaban J connectivity index is 1.73. The fourth-order valence-corrected chi connectivity index (χ4v) is 6.26. The second-order valence-corrected chi connectivity index (χ2v) is 11.4. The molecule has 206 valence electrons. The van der Waals surface area contributed by atoms with Crippen LogP contribution in [0.1, 0.15) is 42.0 Å². The highest BCUT2D eigenvalue weighted by molar-refractivity contribution is 8.26. The summed E-state index contributed by atoms with van der Waals surface area (Å²) < 4.78 is 7.38. The summed E-state index contributed by atoms with van der Waals surface area (Å²) in [5.74, 6) is 0.608. The van der Waals surface area contributed by atoms with Gasteiger partial charge in [0.25, 0.3) is 11.5 Å². The van der Waals surface area contributed by atoms with Crippen LogP contribution in [0.2, 0.25) is 0 Å². The number of anilines is 1. The number of thioether (sulfide) groups is 1. The zero-order valence-electron chi connectivity index (χ0n) is 22.8. The molecule has 2 saturated heterocycles. The first-order valence-corrected chi connectivity index (χ1v) is 14.5. The summed E-state index contributed by atoms with van der Waals surface area (Å²) in [5, 5.41) is 9.92. The van der Waals surface area contributed by atoms with Crippen LogP contribution in [0, 0.1) is 18.3 Å². The molecule has 1 amide bonds. The van der Waals surface area contributed by atoms with E-state index in [1.165, 1.54) is 17.3 Å². The average molecular weight is 566 g/mol. The quantitative estimate of drug-likeness (QED) is 0.316. The molecule has 0 atom stereocenters. The number of hydrogen-bond donors (Lipinski definition) is 0. The van der Waals surface area contributed by atoms with Gasteiger partial charge >= 0.3 is 0 Å². The number of carbonyl (C=O) groups is 1. The van der Waals surface area contributed by atoms with Gasteiger partial charge in [0.2, 0.25) is 0 Å². The van der Waals surface area contributed by atoms with Gasteiger partial charge in [0.15, 0.2) is 0 Å². The van der Waals surface area contributed by atoms with E-state index in [2.05, 4.69) is 47.1 Å². The largest absolute Gasteiger partial charge is 0.383 e. The van der Waals surface area contributed by atoms with Crippen LogP contribution in [0.25, 0.3) is 6.08 Å². The van der Waals surface area contributed by atoms with E-state index in [-0.39, 0.29) is 17.0 Å². The Morgan fingerprint density at radius 2 is 1.85 bits per heavy atom. The molecule has 2 fully saturated rings. The molecule has 0 bridgehead atoms. The van der Waals surface area contributed by atoms with Crippen LogP contribution in [-0.2, 0) is 22.6 Å². The van der Waals surface area contributed by atoms with Crippen LogP contribution in [0.15, 0.2) is 40.0 Å². The van der Waals surface area contributed by atoms with Crippen LogP contribution in [-0.4, -0.2) is 71.0 Å². The number of methoxy groups -OCH3 is 1. The standard InChI is InChI=1S/C29H35N5O3S2/c1-4-5-11-33-26(32-14-12-31(13-15-32)20-22-9-7-6-8-10-22)23(21(2)24(19-30)27(33)35)18-25-28(36)34(16-17-37-3)29(38)39-25/h6-10,18H,4-5,11-17,20H2,1-3H3/b25-18-. The topological polar surface area (TPSA) is 81.8 Å². The number of amides is 1. The first-order chi connectivity index (χ1) is 18.9. The number of hydrogen-bond acceptors (Lipinski definition) is 8. The minimum atomic E-state index is -0.269. The monoisotopic (exact) mass is 565 g/mol. The van der Waals surface area contributed by atoms with E-state index in [1.807, 2.05) is 12.1 Å². The number of ether oxygens (including phenoxy) is 1. The number of aromatic nitrogens is 1. The lowest BCUT2D eigenvalue weighted by molar-refractivity contribution is -0.122. The fourth-order valence-electron chi connectivity index (χ4n) is 4.97. The molecule has 39 heavy (non-hydrogen) atoms. The van der Waals surface area contributed by atoms with E-state index in [0.29, 0.717) is 34.5 Å². The number of nitrogens with zero attached hydrogens (tertiary/aromatic N) is 5. The first-order valence-electron chi connectivity index (χ1n) is 13.3. The van der Waals surface area contributed by atoms with Crippen LogP contribution >= 0.6 is 24.0 Å². The third kappa shape index (κ3) is 6.44. The minimum Gasteiger partial charge on any atom is -0.383 e. The summed E-state index contributed by atoms with van der Waals surface area (Å²) in [5.41, 5.74) is 2.47. The van der Waals surface area contributed by atoms with Crippen molar-refractivity contribution in [2.24, 2.45) is 0 Å². The number of nitriles is 1. The van der Waals surface area contributed by atoms with Gasteiger partial charge in [-0.25, -0.2) is 0 Å². The molecule has 0 saturated carbocycles. The minimum absolute atomic E-state index is 0.124. The molecule has 3 heterocycles. The van der Waals surface area contributed by atoms with Crippen molar-refractivity contribution in [3.8, 4) is 6.07 Å². The van der Waals surface area contributed by atoms with Crippen molar-refractivity contribution in [2.45, 2.75) is 39.8 Å². The van der Waals surface area contributed by atoms with E-state index >= 15 is 0 Å². The zero-order chi connectivity index (χ0) is 27.9. The number of carbonyl (C=O) groups excluding carboxylic acids is 1. The molecule has 1 aromatic heterocycles. The lowest BCUT2D eigenvalue weighted by atomic mass is 10.0. The van der Waals surface area contributed by atoms with Crippen LogP contribution < -0.4 is 10.5 Å². The van der Waals surface area contributed by atoms with Gasteiger partial charge in [-0.15, -0.1) is 0 Å². The highest BCUT2D eigenvalue weighted by Crippen LogP contribution is 2.36. The first kappa shape index (κ1) is 29.0. The smallest absolute Gasteiger partial charge is 0.270 e. The predicted molar refractivity (Wildman–Crippen MR) is 161 cm³/mol. The molecule has 0 N–H and O–H groups in total. The molecule has 2 aromatic rings. The van der Waals surface area contributed by atoms with E-state index in [4.69, 9.17) is 17.0 Å². The molecule has 2 aliphatic heterocycles. The van der Waals surface area contributed by atoms with Crippen LogP contribution in [0.5, 0.6) is 0 Å². The van der Waals surface area contributed by atoms with Gasteiger partial charge in [0, 0.05) is 51.9 Å². The Morgan fingerprint density at radius 1 is 1.13 bits per heavy atom. The number of pyridine rings is 1. The molecule has 0 unspecified atom stereocenters. The van der Waals surface area contributed by atoms with Gasteiger partial charge < -0.3 is 9.64 Å². The molecule has 8 nitrogen and oxygen atoms in total. The number of unbranched alkanes of at least 4 members (excludes halogenated alkanes) is 1. The van der Waals surface area contributed by atoms with E-state index in [1.54, 1.807) is 23.5 Å². The van der Waals surface area contributed by atoms with Crippen LogP contribution in [0.3, 0.4) is 0 Å². The Hall–Kier alpha value is -2.97. The van der Waals surface area contributed by atoms with Gasteiger partial charge in [0.05, 0.1) is 18.1 Å². The summed E-state index contributed by atoms with van der Waals surface area (Å²) in [4.78, 5) is 33.5. The third-order valence-corrected chi connectivity index (χ3v) is 8.55. The van der Waals surface area contributed by atoms with Gasteiger partial charge in [-0.2, -0.15) is 5.26 Å². The molecular weight excluding hydrogens is 530 g/mol. The maximum atomic E-state index is 13.5. The maximum absolute atomic E-state index is 13.5. The summed E-state index contributed by atoms with van der Waals surface area (Å²) >= 11 is 6.73. The van der Waals surface area contributed by atoms with Crippen LogP contribution in [0.4, 0.5) is 5.82 Å². The van der Waals surface area contributed by atoms with E-state index < -0.39 is 0 Å². The number of piperazine rings is 1. The van der Waals surface area contributed by atoms with Crippen molar-refractivity contribution >= 4 is 46.1 Å². The average Bonchev–Trinajstić information content (AvgIpc) is 3.21. The van der Waals surface area contributed by atoms with Crippen molar-refractivity contribution in [1.82, 2.24) is 14.4 Å². The highest BCUT2D eigenvalue weighted by atomic mass is 32.2. The molecule has 0 radical (unpaired) electrons. The molecule has 0 aliphatic carbocycles. The van der Waals surface area contributed by atoms with Gasteiger partial charge in [0.1, 0.15) is 21.8 Å². The Bertz CT molecular complexity index is 1340. The Kier molecular flexibility index (Phi) is 9.97. The van der Waals surface area contributed by atoms with Crippen molar-refractivity contribution < 1.29 is 9.53 Å². The van der Waals surface area contributed by atoms with Crippen molar-refractivity contribution in [3.63, 3.8) is 0 Å². The summed E-state index contributed by atoms with van der Waals surface area (Å²) in [7, 11) is 1.59. The van der Waals surface area contributed by atoms with Crippen molar-refractivity contribution in [2.75, 3.05) is 51.3 Å². The summed E-state index contributed by atoms with van der Waals surface area (Å²) in [6.45, 7) is 9.20. The third-order valence-electron chi connectivity index (χ3n) is 7.17. The number of thiocarbonyl (C=S) groups is 1. The molecule has 1 aromatic carbocycles. The molecule has 2 aliphatic rings. The second kappa shape index (κ2) is 13.4.